The third-order valence-electron chi connectivity index (χ3n) is 6.10. The van der Waals surface area contributed by atoms with Gasteiger partial charge in [0.2, 0.25) is 10.0 Å². The summed E-state index contributed by atoms with van der Waals surface area (Å²) >= 11 is 0. The highest BCUT2D eigenvalue weighted by atomic mass is 32.2. The summed E-state index contributed by atoms with van der Waals surface area (Å²) in [7, 11) is -3.62. The molecule has 1 heterocycles. The van der Waals surface area contributed by atoms with Gasteiger partial charge in [-0.05, 0) is 54.3 Å². The van der Waals surface area contributed by atoms with Crippen LogP contribution in [-0.2, 0) is 26.0 Å². The van der Waals surface area contributed by atoms with Crippen LogP contribution in [0.3, 0.4) is 0 Å². The van der Waals surface area contributed by atoms with Crippen molar-refractivity contribution in [1.29, 1.82) is 0 Å². The number of nitrogens with zero attached hydrogens (tertiary/aromatic N) is 1. The highest BCUT2D eigenvalue weighted by Crippen LogP contribution is 2.33. The molecule has 0 saturated heterocycles. The number of hydrogen-bond acceptors (Lipinski definition) is 6. The molecular formula is C29H33N3O6S. The molecule has 2 N–H and O–H groups in total. The summed E-state index contributed by atoms with van der Waals surface area (Å²) in [4.78, 5) is 27.7. The van der Waals surface area contributed by atoms with Crippen LogP contribution < -0.4 is 24.4 Å². The lowest BCUT2D eigenvalue weighted by atomic mass is 10.1. The first-order valence-corrected chi connectivity index (χ1v) is 14.3. The van der Waals surface area contributed by atoms with Crippen LogP contribution in [0.25, 0.3) is 0 Å². The van der Waals surface area contributed by atoms with E-state index in [1.807, 2.05) is 44.2 Å². The van der Waals surface area contributed by atoms with Crippen molar-refractivity contribution in [2.24, 2.45) is 5.92 Å². The fraction of sp³-hybridized carbons (Fsp3) is 0.310. The monoisotopic (exact) mass is 551 g/mol. The molecule has 0 aromatic heterocycles. The van der Waals surface area contributed by atoms with Crippen LogP contribution in [0.2, 0.25) is 0 Å². The van der Waals surface area contributed by atoms with Crippen molar-refractivity contribution in [3.8, 4) is 11.5 Å². The molecule has 206 valence electrons. The summed E-state index contributed by atoms with van der Waals surface area (Å²) in [6.07, 6.45) is -0.192. The Kier molecular flexibility index (Phi) is 9.21. The highest BCUT2D eigenvalue weighted by molar-refractivity contribution is 7.89. The molecule has 2 amide bonds. The Morgan fingerprint density at radius 3 is 2.41 bits per heavy atom. The molecule has 9 nitrogen and oxygen atoms in total. The van der Waals surface area contributed by atoms with Gasteiger partial charge in [0, 0.05) is 13.1 Å². The third kappa shape index (κ3) is 7.58. The Hall–Kier alpha value is -3.89. The molecule has 0 fully saturated rings. The van der Waals surface area contributed by atoms with Gasteiger partial charge in [-0.25, -0.2) is 13.1 Å². The summed E-state index contributed by atoms with van der Waals surface area (Å²) in [5.74, 6) is 0.301. The van der Waals surface area contributed by atoms with Crippen molar-refractivity contribution in [1.82, 2.24) is 10.0 Å². The molecule has 39 heavy (non-hydrogen) atoms. The van der Waals surface area contributed by atoms with E-state index >= 15 is 0 Å². The number of carbonyl (C=O) groups excluding carboxylic acids is 2. The minimum atomic E-state index is -3.62. The lowest BCUT2D eigenvalue weighted by Crippen LogP contribution is -2.52. The molecule has 0 radical (unpaired) electrons. The van der Waals surface area contributed by atoms with Gasteiger partial charge >= 0.3 is 0 Å². The van der Waals surface area contributed by atoms with Gasteiger partial charge in [-0.1, -0.05) is 56.3 Å². The molecular weight excluding hydrogens is 518 g/mol. The standard InChI is InChI=1S/C29H33N3O6S/c1-21(2)18-31-39(35,36)24-14-12-23(13-15-24)37-20-28(33)32-19-27(38-26-11-7-6-10-25(26)32)29(34)30-17-16-22-8-4-3-5-9-22/h3-15,21,27,31H,16-20H2,1-2H3,(H,30,34). The van der Waals surface area contributed by atoms with E-state index in [1.54, 1.807) is 24.3 Å². The number of carbonyl (C=O) groups is 2. The Bertz CT molecular complexity index is 1380. The summed E-state index contributed by atoms with van der Waals surface area (Å²) < 4.78 is 38.9. The zero-order chi connectivity index (χ0) is 27.8. The van der Waals surface area contributed by atoms with E-state index in [2.05, 4.69) is 10.0 Å². The fourth-order valence-corrected chi connectivity index (χ4v) is 5.21. The number of fused-ring (bicyclic) bond motifs is 1. The highest BCUT2D eigenvalue weighted by Gasteiger charge is 2.33. The first-order valence-electron chi connectivity index (χ1n) is 12.8. The lowest BCUT2D eigenvalue weighted by molar-refractivity contribution is -0.128. The predicted octanol–water partition coefficient (Wildman–Crippen LogP) is 3.15. The van der Waals surface area contributed by atoms with Gasteiger partial charge in [0.15, 0.2) is 12.7 Å². The number of nitrogens with one attached hydrogen (secondary N) is 2. The van der Waals surface area contributed by atoms with Crippen LogP contribution in [0.4, 0.5) is 5.69 Å². The van der Waals surface area contributed by atoms with E-state index in [4.69, 9.17) is 9.47 Å². The van der Waals surface area contributed by atoms with Crippen molar-refractivity contribution in [3.63, 3.8) is 0 Å². The van der Waals surface area contributed by atoms with E-state index in [-0.39, 0.29) is 35.8 Å². The van der Waals surface area contributed by atoms with Crippen molar-refractivity contribution < 1.29 is 27.5 Å². The first kappa shape index (κ1) is 28.1. The number of rotatable bonds is 11. The van der Waals surface area contributed by atoms with Crippen LogP contribution in [0, 0.1) is 5.92 Å². The molecule has 0 aliphatic carbocycles. The van der Waals surface area contributed by atoms with Gasteiger partial charge in [0.05, 0.1) is 17.1 Å². The maximum atomic E-state index is 13.2. The normalized spacial score (nSPS) is 14.8. The Morgan fingerprint density at radius 1 is 1.00 bits per heavy atom. The van der Waals surface area contributed by atoms with Gasteiger partial charge in [-0.3, -0.25) is 9.59 Å². The van der Waals surface area contributed by atoms with Gasteiger partial charge in [0.1, 0.15) is 11.5 Å². The first-order chi connectivity index (χ1) is 18.7. The topological polar surface area (TPSA) is 114 Å². The zero-order valence-electron chi connectivity index (χ0n) is 22.0. The van der Waals surface area contributed by atoms with Gasteiger partial charge in [0.25, 0.3) is 11.8 Å². The molecule has 1 atom stereocenters. The molecule has 3 aromatic carbocycles. The largest absolute Gasteiger partial charge is 0.484 e. The number of hydrogen-bond donors (Lipinski definition) is 2. The van der Waals surface area contributed by atoms with Crippen molar-refractivity contribution in [2.45, 2.75) is 31.3 Å². The van der Waals surface area contributed by atoms with E-state index in [9.17, 15) is 18.0 Å². The Labute approximate surface area is 229 Å². The van der Waals surface area contributed by atoms with Crippen molar-refractivity contribution >= 4 is 27.5 Å². The molecule has 1 unspecified atom stereocenters. The maximum absolute atomic E-state index is 13.2. The van der Waals surface area contributed by atoms with Crippen LogP contribution in [0.15, 0.2) is 83.8 Å². The molecule has 0 spiro atoms. The van der Waals surface area contributed by atoms with Gasteiger partial charge in [-0.15, -0.1) is 0 Å². The van der Waals surface area contributed by atoms with Crippen LogP contribution in [0.5, 0.6) is 11.5 Å². The number of anilines is 1. The van der Waals surface area contributed by atoms with Gasteiger partial charge < -0.3 is 19.7 Å². The Morgan fingerprint density at radius 2 is 1.69 bits per heavy atom. The maximum Gasteiger partial charge on any atom is 0.265 e. The summed E-state index contributed by atoms with van der Waals surface area (Å²) in [6, 6.07) is 22.7. The summed E-state index contributed by atoms with van der Waals surface area (Å²) in [6.45, 7) is 4.36. The van der Waals surface area contributed by atoms with Crippen molar-refractivity contribution in [2.75, 3.05) is 31.1 Å². The summed E-state index contributed by atoms with van der Waals surface area (Å²) in [5.41, 5.74) is 1.66. The molecule has 1 aliphatic rings. The second kappa shape index (κ2) is 12.8. The molecule has 10 heteroatoms. The molecule has 4 rings (SSSR count). The van der Waals surface area contributed by atoms with E-state index in [0.717, 1.165) is 5.56 Å². The fourth-order valence-electron chi connectivity index (χ4n) is 3.99. The molecule has 0 bridgehead atoms. The average Bonchev–Trinajstić information content (AvgIpc) is 2.95. The second-order valence-corrected chi connectivity index (χ2v) is 11.4. The second-order valence-electron chi connectivity index (χ2n) is 9.61. The number of para-hydroxylation sites is 2. The van der Waals surface area contributed by atoms with E-state index in [1.165, 1.54) is 29.2 Å². The molecule has 3 aromatic rings. The smallest absolute Gasteiger partial charge is 0.265 e. The van der Waals surface area contributed by atoms with Crippen LogP contribution >= 0.6 is 0 Å². The minimum absolute atomic E-state index is 0.0368. The number of benzene rings is 3. The lowest BCUT2D eigenvalue weighted by Gasteiger charge is -2.34. The zero-order valence-corrected chi connectivity index (χ0v) is 22.8. The predicted molar refractivity (Wildman–Crippen MR) is 148 cm³/mol. The van der Waals surface area contributed by atoms with Crippen LogP contribution in [-0.4, -0.2) is 52.6 Å². The molecule has 0 saturated carbocycles. The SMILES string of the molecule is CC(C)CNS(=O)(=O)c1ccc(OCC(=O)N2CC(C(=O)NCCc3ccccc3)Oc3ccccc32)cc1. The average molecular weight is 552 g/mol. The quantitative estimate of drug-likeness (QED) is 0.379. The van der Waals surface area contributed by atoms with Crippen molar-refractivity contribution in [3.05, 3.63) is 84.4 Å². The minimum Gasteiger partial charge on any atom is -0.484 e. The Balaban J connectivity index is 1.36. The van der Waals surface area contributed by atoms with E-state index in [0.29, 0.717) is 36.7 Å². The summed E-state index contributed by atoms with van der Waals surface area (Å²) in [5, 5.41) is 2.89. The number of sulfonamides is 1. The van der Waals surface area contributed by atoms with Gasteiger partial charge in [-0.2, -0.15) is 0 Å². The third-order valence-corrected chi connectivity index (χ3v) is 7.54. The van der Waals surface area contributed by atoms with Crippen LogP contribution in [0.1, 0.15) is 19.4 Å². The molecule has 1 aliphatic heterocycles. The number of ether oxygens (including phenoxy) is 2. The van der Waals surface area contributed by atoms with E-state index < -0.39 is 16.1 Å². The number of amides is 2.